The van der Waals surface area contributed by atoms with Crippen LogP contribution in [0.5, 0.6) is 0 Å². The normalized spacial score (nSPS) is 21.0. The van der Waals surface area contributed by atoms with Gasteiger partial charge >= 0.3 is 0 Å². The molecule has 4 rings (SSSR count). The highest BCUT2D eigenvalue weighted by atomic mass is 15.1. The second kappa shape index (κ2) is 10.6. The van der Waals surface area contributed by atoms with Gasteiger partial charge in [0.25, 0.3) is 0 Å². The predicted octanol–water partition coefficient (Wildman–Crippen LogP) is 6.46. The van der Waals surface area contributed by atoms with E-state index < -0.39 is 0 Å². The van der Waals surface area contributed by atoms with Gasteiger partial charge in [-0.1, -0.05) is 37.5 Å². The lowest BCUT2D eigenvalue weighted by molar-refractivity contribution is 0.128. The summed E-state index contributed by atoms with van der Waals surface area (Å²) in [5, 5.41) is 24.5. The standard InChI is InChI=1S/C30H43N5/c1-21-15-23(24(19-31)20-32-25-9-7-6-8-10-25)11-13-27(21)28-14-12-26(33-34-28)16-22-17-29(2,3)35-30(4,5)18-22/h11-15,19-20,22,25,31-32,35H,6-10,16-18H2,1-5H3/b24-20+,31-19?. The molecule has 1 saturated carbocycles. The van der Waals surface area contributed by atoms with Crippen molar-refractivity contribution in [3.63, 3.8) is 0 Å². The first-order valence-electron chi connectivity index (χ1n) is 13.3. The van der Waals surface area contributed by atoms with Crippen molar-refractivity contribution in [2.75, 3.05) is 0 Å². The van der Waals surface area contributed by atoms with E-state index in [2.05, 4.69) is 85.8 Å². The number of nitrogens with one attached hydrogen (secondary N) is 3. The van der Waals surface area contributed by atoms with Crippen LogP contribution in [0.4, 0.5) is 0 Å². The van der Waals surface area contributed by atoms with Crippen LogP contribution in [0.3, 0.4) is 0 Å². The van der Waals surface area contributed by atoms with Crippen molar-refractivity contribution in [3.05, 3.63) is 53.4 Å². The number of allylic oxidation sites excluding steroid dienone is 1. The molecule has 0 radical (unpaired) electrons. The molecule has 2 aliphatic rings. The van der Waals surface area contributed by atoms with Gasteiger partial charge in [-0.3, -0.25) is 0 Å². The molecule has 1 aromatic carbocycles. The Bertz CT molecular complexity index is 1030. The Balaban J connectivity index is 1.44. The first kappa shape index (κ1) is 25.6. The van der Waals surface area contributed by atoms with Crippen LogP contribution in [0.1, 0.15) is 89.5 Å². The molecule has 188 valence electrons. The average molecular weight is 474 g/mol. The summed E-state index contributed by atoms with van der Waals surface area (Å²) < 4.78 is 0. The molecule has 1 aliphatic heterocycles. The largest absolute Gasteiger partial charge is 0.388 e. The van der Waals surface area contributed by atoms with Gasteiger partial charge in [0.1, 0.15) is 0 Å². The van der Waals surface area contributed by atoms with E-state index in [1.54, 1.807) is 0 Å². The van der Waals surface area contributed by atoms with Crippen LogP contribution in [0.25, 0.3) is 16.8 Å². The summed E-state index contributed by atoms with van der Waals surface area (Å²) in [5.74, 6) is 0.607. The maximum Gasteiger partial charge on any atom is 0.0932 e. The van der Waals surface area contributed by atoms with E-state index in [0.717, 1.165) is 52.9 Å². The minimum absolute atomic E-state index is 0.147. The molecular weight excluding hydrogens is 430 g/mol. The van der Waals surface area contributed by atoms with Crippen molar-refractivity contribution >= 4 is 11.8 Å². The van der Waals surface area contributed by atoms with Crippen molar-refractivity contribution in [3.8, 4) is 11.3 Å². The van der Waals surface area contributed by atoms with Gasteiger partial charge in [-0.15, -0.1) is 0 Å². The Hall–Kier alpha value is -2.53. The van der Waals surface area contributed by atoms with Crippen molar-refractivity contribution in [1.82, 2.24) is 20.8 Å². The second-order valence-electron chi connectivity index (χ2n) is 12.1. The lowest BCUT2D eigenvalue weighted by Gasteiger charge is -2.46. The van der Waals surface area contributed by atoms with E-state index in [0.29, 0.717) is 12.0 Å². The first-order chi connectivity index (χ1) is 16.6. The van der Waals surface area contributed by atoms with Crippen molar-refractivity contribution in [1.29, 1.82) is 5.41 Å². The lowest BCUT2D eigenvalue weighted by atomic mass is 9.74. The highest BCUT2D eigenvalue weighted by Gasteiger charge is 2.37. The molecule has 1 aliphatic carbocycles. The van der Waals surface area contributed by atoms with Crippen molar-refractivity contribution < 1.29 is 0 Å². The summed E-state index contributed by atoms with van der Waals surface area (Å²) in [6.07, 6.45) is 13.1. The van der Waals surface area contributed by atoms with E-state index >= 15 is 0 Å². The SMILES string of the molecule is Cc1cc(/C(C=N)=C/NC2CCCCC2)ccc1-c1ccc(CC2CC(C)(C)NC(C)(C)C2)nn1. The maximum absolute atomic E-state index is 7.92. The summed E-state index contributed by atoms with van der Waals surface area (Å²) in [6, 6.07) is 11.2. The molecule has 2 aromatic rings. The van der Waals surface area contributed by atoms with Crippen molar-refractivity contribution in [2.45, 2.75) is 103 Å². The van der Waals surface area contributed by atoms with Crippen LogP contribution in [0.2, 0.25) is 0 Å². The molecule has 35 heavy (non-hydrogen) atoms. The highest BCUT2D eigenvalue weighted by Crippen LogP contribution is 2.34. The molecule has 5 heteroatoms. The summed E-state index contributed by atoms with van der Waals surface area (Å²) in [7, 11) is 0. The Labute approximate surface area is 211 Å². The summed E-state index contributed by atoms with van der Waals surface area (Å²) >= 11 is 0. The highest BCUT2D eigenvalue weighted by molar-refractivity contribution is 6.08. The lowest BCUT2D eigenvalue weighted by Crippen LogP contribution is -2.58. The number of hydrogen-bond acceptors (Lipinski definition) is 5. The van der Waals surface area contributed by atoms with Crippen LogP contribution >= 0.6 is 0 Å². The molecule has 3 N–H and O–H groups in total. The topological polar surface area (TPSA) is 73.7 Å². The Morgan fingerprint density at radius 2 is 1.74 bits per heavy atom. The number of piperidine rings is 1. The minimum atomic E-state index is 0.147. The van der Waals surface area contributed by atoms with Gasteiger partial charge in [-0.2, -0.15) is 10.2 Å². The summed E-state index contributed by atoms with van der Waals surface area (Å²) in [6.45, 7) is 11.3. The molecular formula is C30H43N5. The molecule has 0 amide bonds. The van der Waals surface area contributed by atoms with Crippen LogP contribution in [0, 0.1) is 18.3 Å². The Morgan fingerprint density at radius 3 is 2.34 bits per heavy atom. The number of benzene rings is 1. The van der Waals surface area contributed by atoms with Gasteiger partial charge in [0.2, 0.25) is 0 Å². The Kier molecular flexibility index (Phi) is 7.75. The van der Waals surface area contributed by atoms with Gasteiger partial charge in [-0.05, 0) is 95.9 Å². The zero-order valence-corrected chi connectivity index (χ0v) is 22.2. The number of rotatable bonds is 7. The van der Waals surface area contributed by atoms with E-state index in [1.807, 2.05) is 6.20 Å². The summed E-state index contributed by atoms with van der Waals surface area (Å²) in [4.78, 5) is 0. The molecule has 5 nitrogen and oxygen atoms in total. The molecule has 0 atom stereocenters. The Morgan fingerprint density at radius 1 is 1.03 bits per heavy atom. The zero-order chi connectivity index (χ0) is 25.1. The third kappa shape index (κ3) is 6.78. The third-order valence-corrected chi connectivity index (χ3v) is 7.56. The van der Waals surface area contributed by atoms with Gasteiger partial charge < -0.3 is 16.0 Å². The third-order valence-electron chi connectivity index (χ3n) is 7.56. The molecule has 1 saturated heterocycles. The van der Waals surface area contributed by atoms with Crippen LogP contribution in [-0.4, -0.2) is 33.5 Å². The van der Waals surface area contributed by atoms with Crippen molar-refractivity contribution in [2.24, 2.45) is 5.92 Å². The number of aryl methyl sites for hydroxylation is 1. The van der Waals surface area contributed by atoms with Crippen LogP contribution in [0.15, 0.2) is 36.5 Å². The molecule has 0 bridgehead atoms. The maximum atomic E-state index is 7.92. The van der Waals surface area contributed by atoms with E-state index in [-0.39, 0.29) is 11.1 Å². The van der Waals surface area contributed by atoms with Crippen LogP contribution < -0.4 is 10.6 Å². The van der Waals surface area contributed by atoms with Gasteiger partial charge in [0.15, 0.2) is 0 Å². The molecule has 2 fully saturated rings. The van der Waals surface area contributed by atoms with Gasteiger partial charge in [0.05, 0.1) is 11.4 Å². The monoisotopic (exact) mass is 473 g/mol. The number of nitrogens with zero attached hydrogens (tertiary/aromatic N) is 2. The zero-order valence-electron chi connectivity index (χ0n) is 22.2. The first-order valence-corrected chi connectivity index (χ1v) is 13.3. The van der Waals surface area contributed by atoms with E-state index in [1.165, 1.54) is 38.3 Å². The average Bonchev–Trinajstić information content (AvgIpc) is 2.79. The quantitative estimate of drug-likeness (QED) is 0.403. The fourth-order valence-corrected chi connectivity index (χ4v) is 6.40. The van der Waals surface area contributed by atoms with E-state index in [9.17, 15) is 0 Å². The van der Waals surface area contributed by atoms with Gasteiger partial charge in [0, 0.05) is 40.7 Å². The summed E-state index contributed by atoms with van der Waals surface area (Å²) in [5.41, 5.74) is 6.50. The van der Waals surface area contributed by atoms with E-state index in [4.69, 9.17) is 5.41 Å². The molecule has 2 heterocycles. The van der Waals surface area contributed by atoms with Crippen LogP contribution in [-0.2, 0) is 6.42 Å². The molecule has 1 aromatic heterocycles. The number of aromatic nitrogens is 2. The molecule has 0 spiro atoms. The second-order valence-corrected chi connectivity index (χ2v) is 12.1. The predicted molar refractivity (Wildman–Crippen MR) is 147 cm³/mol. The minimum Gasteiger partial charge on any atom is -0.388 e. The fourth-order valence-electron chi connectivity index (χ4n) is 6.40. The number of hydrogen-bond donors (Lipinski definition) is 3. The fraction of sp³-hybridized carbons (Fsp3) is 0.567. The smallest absolute Gasteiger partial charge is 0.0932 e. The molecule has 0 unspecified atom stereocenters. The van der Waals surface area contributed by atoms with Gasteiger partial charge in [-0.25, -0.2) is 0 Å².